The van der Waals surface area contributed by atoms with Crippen molar-refractivity contribution in [3.8, 4) is 0 Å². The molecule has 0 unspecified atom stereocenters. The number of unbranched alkanes of at least 4 members (excludes halogenated alkanes) is 3. The summed E-state index contributed by atoms with van der Waals surface area (Å²) in [6.45, 7) is 6.86. The molecule has 2 rings (SSSR count). The van der Waals surface area contributed by atoms with Crippen LogP contribution in [-0.2, 0) is 9.62 Å². The van der Waals surface area contributed by atoms with Gasteiger partial charge in [-0.3, -0.25) is 0 Å². The van der Waals surface area contributed by atoms with Gasteiger partial charge in [-0.1, -0.05) is 0 Å². The number of halogens is 1. The molecule has 0 saturated heterocycles. The van der Waals surface area contributed by atoms with Gasteiger partial charge in [0.25, 0.3) is 0 Å². The van der Waals surface area contributed by atoms with Gasteiger partial charge < -0.3 is 0 Å². The van der Waals surface area contributed by atoms with Crippen molar-refractivity contribution in [1.29, 1.82) is 0 Å². The Hall–Kier alpha value is -1.34. The molecule has 0 atom stereocenters. The van der Waals surface area contributed by atoms with Crippen molar-refractivity contribution in [1.82, 2.24) is 9.55 Å². The first kappa shape index (κ1) is 25.9. The Labute approximate surface area is 195 Å². The molecule has 0 aliphatic carbocycles. The van der Waals surface area contributed by atoms with E-state index >= 15 is 0 Å². The Morgan fingerprint density at radius 2 is 1.55 bits per heavy atom. The van der Waals surface area contributed by atoms with Gasteiger partial charge in [0.1, 0.15) is 0 Å². The summed E-state index contributed by atoms with van der Waals surface area (Å²) >= 11 is 3.23. The van der Waals surface area contributed by atoms with E-state index in [1.807, 2.05) is 30.3 Å². The summed E-state index contributed by atoms with van der Waals surface area (Å²) in [6.07, 6.45) is 8.00. The van der Waals surface area contributed by atoms with E-state index < -0.39 is 30.5 Å². The van der Waals surface area contributed by atoms with E-state index in [-0.39, 0.29) is 10.7 Å². The van der Waals surface area contributed by atoms with Gasteiger partial charge in [-0.25, -0.2) is 0 Å². The van der Waals surface area contributed by atoms with Crippen LogP contribution in [0.4, 0.5) is 0 Å². The van der Waals surface area contributed by atoms with E-state index in [1.54, 1.807) is 0 Å². The van der Waals surface area contributed by atoms with Gasteiger partial charge >= 0.3 is 196 Å². The maximum atomic E-state index is 13.1. The third-order valence-corrected chi connectivity index (χ3v) is 18.5. The van der Waals surface area contributed by atoms with E-state index in [0.717, 1.165) is 57.4 Å². The van der Waals surface area contributed by atoms with Gasteiger partial charge in [-0.05, 0) is 0 Å². The summed E-state index contributed by atoms with van der Waals surface area (Å²) in [5.41, 5.74) is 0.435. The fourth-order valence-electron chi connectivity index (χ4n) is 3.77. The molecule has 1 aromatic carbocycles. The predicted octanol–water partition coefficient (Wildman–Crippen LogP) is 6.45. The third-order valence-electron chi connectivity index (χ3n) is 5.60. The summed E-state index contributed by atoms with van der Waals surface area (Å²) in [7, 11) is 0. The van der Waals surface area contributed by atoms with Crippen LogP contribution in [0.3, 0.4) is 0 Å². The SMILES string of the molecule is CCC[CH2][Sn]([CH2]CCC)([CH2]CCC)[O]C(=O)c1nc(=O)n(Cc2ccccc2)cc1Cl. The summed E-state index contributed by atoms with van der Waals surface area (Å²) in [5.74, 6) is -0.506. The fourth-order valence-corrected chi connectivity index (χ4v) is 17.0. The Bertz CT molecular complexity index is 864. The molecule has 1 aromatic heterocycles. The molecule has 0 fully saturated rings. The minimum absolute atomic E-state index is 0.0402. The number of rotatable bonds is 13. The summed E-state index contributed by atoms with van der Waals surface area (Å²) in [6, 6.07) is 9.61. The van der Waals surface area contributed by atoms with Gasteiger partial charge in [0.15, 0.2) is 0 Å². The van der Waals surface area contributed by atoms with E-state index in [0.29, 0.717) is 6.54 Å². The average molecular weight is 554 g/mol. The molecule has 31 heavy (non-hydrogen) atoms. The Morgan fingerprint density at radius 3 is 2.06 bits per heavy atom. The first-order valence-corrected chi connectivity index (χ1v) is 19.1. The molecule has 0 N–H and O–H groups in total. The predicted molar refractivity (Wildman–Crippen MR) is 129 cm³/mol. The molecule has 0 bridgehead atoms. The molecular weight excluding hydrogens is 518 g/mol. The first-order chi connectivity index (χ1) is 14.9. The van der Waals surface area contributed by atoms with Gasteiger partial charge in [-0.15, -0.1) is 0 Å². The van der Waals surface area contributed by atoms with Crippen LogP contribution in [-0.4, -0.2) is 34.3 Å². The first-order valence-electron chi connectivity index (χ1n) is 11.5. The van der Waals surface area contributed by atoms with Gasteiger partial charge in [0, 0.05) is 0 Å². The number of carbonyl (C=O) groups excluding carboxylic acids is 1. The van der Waals surface area contributed by atoms with Gasteiger partial charge in [0.2, 0.25) is 0 Å². The zero-order chi connectivity index (χ0) is 22.7. The quantitative estimate of drug-likeness (QED) is 0.268. The zero-order valence-electron chi connectivity index (χ0n) is 19.0. The molecule has 0 amide bonds. The van der Waals surface area contributed by atoms with Crippen molar-refractivity contribution < 1.29 is 7.87 Å². The molecule has 1 heterocycles. The summed E-state index contributed by atoms with van der Waals surface area (Å²) in [4.78, 5) is 29.7. The molecule has 0 aliphatic heterocycles. The van der Waals surface area contributed by atoms with Crippen molar-refractivity contribution in [3.63, 3.8) is 0 Å². The van der Waals surface area contributed by atoms with Crippen LogP contribution in [0.2, 0.25) is 18.3 Å². The van der Waals surface area contributed by atoms with Crippen molar-refractivity contribution >= 4 is 36.4 Å². The molecule has 5 nitrogen and oxygen atoms in total. The van der Waals surface area contributed by atoms with E-state index in [1.165, 1.54) is 10.8 Å². The van der Waals surface area contributed by atoms with Crippen LogP contribution in [0.25, 0.3) is 0 Å². The number of hydrogen-bond acceptors (Lipinski definition) is 4. The topological polar surface area (TPSA) is 61.2 Å². The van der Waals surface area contributed by atoms with Gasteiger partial charge in [-0.2, -0.15) is 0 Å². The van der Waals surface area contributed by atoms with E-state index in [2.05, 4.69) is 25.8 Å². The number of carbonyl (C=O) groups is 1. The number of benzene rings is 1. The van der Waals surface area contributed by atoms with E-state index in [4.69, 9.17) is 14.7 Å². The summed E-state index contributed by atoms with van der Waals surface area (Å²) in [5, 5.41) is 0.169. The van der Waals surface area contributed by atoms with Crippen LogP contribution < -0.4 is 5.69 Å². The number of hydrogen-bond donors (Lipinski definition) is 0. The fraction of sp³-hybridized carbons (Fsp3) is 0.542. The molecule has 170 valence electrons. The monoisotopic (exact) mass is 554 g/mol. The molecule has 0 aliphatic rings. The second kappa shape index (κ2) is 13.3. The molecule has 2 aromatic rings. The molecular formula is C24H35ClN2O3Sn. The van der Waals surface area contributed by atoms with Crippen LogP contribution >= 0.6 is 11.6 Å². The van der Waals surface area contributed by atoms with Crippen LogP contribution in [0, 0.1) is 0 Å². The van der Waals surface area contributed by atoms with Gasteiger partial charge in [0.05, 0.1) is 0 Å². The maximum absolute atomic E-state index is 13.1. The zero-order valence-corrected chi connectivity index (χ0v) is 22.6. The molecule has 0 saturated carbocycles. The number of nitrogens with zero attached hydrogens (tertiary/aromatic N) is 2. The summed E-state index contributed by atoms with van der Waals surface area (Å²) < 4.78 is 10.8. The van der Waals surface area contributed by atoms with Crippen molar-refractivity contribution in [2.24, 2.45) is 0 Å². The molecule has 7 heteroatoms. The van der Waals surface area contributed by atoms with Crippen molar-refractivity contribution in [3.05, 3.63) is 63.3 Å². The minimum atomic E-state index is -3.17. The Kier molecular flexibility index (Phi) is 11.1. The Morgan fingerprint density at radius 1 is 1.00 bits per heavy atom. The molecule has 0 radical (unpaired) electrons. The van der Waals surface area contributed by atoms with E-state index in [9.17, 15) is 9.59 Å². The molecule has 0 spiro atoms. The number of aromatic nitrogens is 2. The van der Waals surface area contributed by atoms with Crippen molar-refractivity contribution in [2.75, 3.05) is 0 Å². The Balaban J connectivity index is 2.27. The second-order valence-corrected chi connectivity index (χ2v) is 20.2. The third kappa shape index (κ3) is 7.94. The normalized spacial score (nSPS) is 11.5. The van der Waals surface area contributed by atoms with Crippen LogP contribution in [0.5, 0.6) is 0 Å². The van der Waals surface area contributed by atoms with Crippen molar-refractivity contribution in [2.45, 2.75) is 79.2 Å². The standard InChI is InChI=1S/C12H9ClN2O3.3C4H9.Sn/c13-9-7-15(6-8-4-2-1-3-5-8)12(18)14-10(9)11(16)17;3*1-3-4-2;/h1-5,7H,6H2,(H,16,17);3*1,3-4H2,2H3;/q;;;;+1/p-1. The second-order valence-electron chi connectivity index (χ2n) is 8.22. The average Bonchev–Trinajstić information content (AvgIpc) is 2.77. The van der Waals surface area contributed by atoms with Crippen LogP contribution in [0.15, 0.2) is 41.3 Å². The van der Waals surface area contributed by atoms with Crippen LogP contribution in [0.1, 0.15) is 75.3 Å².